The zero-order chi connectivity index (χ0) is 12.5. The standard InChI is InChI=1S/C15H19NO2/c1-11(12-5-3-2-4-6-12)16-9-13-7-8-18-10-14(13)15(16)17/h2-6,11,13-14H,7-10H2,1H3/t11-,13+,14+/m1/s1. The number of carbonyl (C=O) groups is 1. The van der Waals surface area contributed by atoms with Gasteiger partial charge in [0.05, 0.1) is 18.6 Å². The Bertz CT molecular complexity index is 431. The maximum atomic E-state index is 12.4. The summed E-state index contributed by atoms with van der Waals surface area (Å²) in [5.41, 5.74) is 1.21. The van der Waals surface area contributed by atoms with Gasteiger partial charge in [-0.3, -0.25) is 4.79 Å². The van der Waals surface area contributed by atoms with E-state index >= 15 is 0 Å². The van der Waals surface area contributed by atoms with Crippen molar-refractivity contribution in [3.05, 3.63) is 35.9 Å². The zero-order valence-corrected chi connectivity index (χ0v) is 10.7. The van der Waals surface area contributed by atoms with E-state index in [1.54, 1.807) is 0 Å². The van der Waals surface area contributed by atoms with Crippen molar-refractivity contribution in [1.82, 2.24) is 4.90 Å². The SMILES string of the molecule is C[C@H](c1ccccc1)N1C[C@@H]2CCOC[C@@H]2C1=O. The molecule has 1 amide bonds. The van der Waals surface area contributed by atoms with Crippen molar-refractivity contribution in [1.29, 1.82) is 0 Å². The lowest BCUT2D eigenvalue weighted by molar-refractivity contribution is -0.135. The van der Waals surface area contributed by atoms with Crippen molar-refractivity contribution in [2.24, 2.45) is 11.8 Å². The number of amides is 1. The third-order valence-corrected chi connectivity index (χ3v) is 4.28. The molecule has 96 valence electrons. The summed E-state index contributed by atoms with van der Waals surface area (Å²) in [5, 5.41) is 0. The van der Waals surface area contributed by atoms with Gasteiger partial charge in [-0.15, -0.1) is 0 Å². The van der Waals surface area contributed by atoms with Crippen LogP contribution in [0, 0.1) is 11.8 Å². The minimum atomic E-state index is 0.102. The first-order valence-corrected chi connectivity index (χ1v) is 6.70. The predicted molar refractivity (Wildman–Crippen MR) is 69.0 cm³/mol. The van der Waals surface area contributed by atoms with E-state index in [1.165, 1.54) is 5.56 Å². The van der Waals surface area contributed by atoms with E-state index in [9.17, 15) is 4.79 Å². The van der Waals surface area contributed by atoms with Crippen LogP contribution >= 0.6 is 0 Å². The lowest BCUT2D eigenvalue weighted by Crippen LogP contribution is -2.32. The fraction of sp³-hybridized carbons (Fsp3) is 0.533. The summed E-state index contributed by atoms with van der Waals surface area (Å²) in [6.45, 7) is 4.43. The largest absolute Gasteiger partial charge is 0.381 e. The molecule has 0 aromatic heterocycles. The maximum absolute atomic E-state index is 12.4. The van der Waals surface area contributed by atoms with Crippen molar-refractivity contribution >= 4 is 5.91 Å². The molecule has 1 aromatic rings. The van der Waals surface area contributed by atoms with E-state index < -0.39 is 0 Å². The molecule has 0 spiro atoms. The molecular formula is C15H19NO2. The van der Waals surface area contributed by atoms with Crippen LogP contribution in [0.1, 0.15) is 24.9 Å². The Morgan fingerprint density at radius 1 is 1.33 bits per heavy atom. The Balaban J connectivity index is 1.79. The molecule has 3 rings (SSSR count). The van der Waals surface area contributed by atoms with Gasteiger partial charge in [-0.05, 0) is 24.8 Å². The number of hydrogen-bond acceptors (Lipinski definition) is 2. The fourth-order valence-electron chi connectivity index (χ4n) is 3.09. The molecule has 2 aliphatic rings. The van der Waals surface area contributed by atoms with Gasteiger partial charge in [-0.1, -0.05) is 30.3 Å². The van der Waals surface area contributed by atoms with Crippen molar-refractivity contribution in [3.8, 4) is 0 Å². The summed E-state index contributed by atoms with van der Waals surface area (Å²) in [5.74, 6) is 0.873. The molecule has 2 heterocycles. The minimum absolute atomic E-state index is 0.102. The van der Waals surface area contributed by atoms with Gasteiger partial charge in [-0.25, -0.2) is 0 Å². The van der Waals surface area contributed by atoms with Crippen molar-refractivity contribution in [3.63, 3.8) is 0 Å². The number of rotatable bonds is 2. The molecule has 2 aliphatic heterocycles. The summed E-state index contributed by atoms with van der Waals surface area (Å²) < 4.78 is 5.44. The molecule has 0 aliphatic carbocycles. The maximum Gasteiger partial charge on any atom is 0.228 e. The van der Waals surface area contributed by atoms with E-state index in [4.69, 9.17) is 4.74 Å². The van der Waals surface area contributed by atoms with Gasteiger partial charge in [0.2, 0.25) is 5.91 Å². The Hall–Kier alpha value is -1.35. The number of benzene rings is 1. The number of carbonyl (C=O) groups excluding carboxylic acids is 1. The van der Waals surface area contributed by atoms with Crippen molar-refractivity contribution < 1.29 is 9.53 Å². The predicted octanol–water partition coefficient (Wildman–Crippen LogP) is 2.24. The molecule has 3 heteroatoms. The number of likely N-dealkylation sites (tertiary alicyclic amines) is 1. The molecule has 0 bridgehead atoms. The second-order valence-electron chi connectivity index (χ2n) is 5.31. The molecule has 0 N–H and O–H groups in total. The topological polar surface area (TPSA) is 29.5 Å². The van der Waals surface area contributed by atoms with E-state index in [0.717, 1.165) is 19.6 Å². The molecule has 0 saturated carbocycles. The van der Waals surface area contributed by atoms with Gasteiger partial charge < -0.3 is 9.64 Å². The second-order valence-corrected chi connectivity index (χ2v) is 5.31. The van der Waals surface area contributed by atoms with Crippen LogP contribution in [0.3, 0.4) is 0 Å². The Morgan fingerprint density at radius 3 is 2.83 bits per heavy atom. The Morgan fingerprint density at radius 2 is 2.11 bits per heavy atom. The second kappa shape index (κ2) is 4.73. The van der Waals surface area contributed by atoms with E-state index in [1.807, 2.05) is 23.1 Å². The summed E-state index contributed by atoms with van der Waals surface area (Å²) in [7, 11) is 0. The minimum Gasteiger partial charge on any atom is -0.381 e. The van der Waals surface area contributed by atoms with Crippen LogP contribution in [0.25, 0.3) is 0 Å². The van der Waals surface area contributed by atoms with Crippen LogP contribution in [-0.4, -0.2) is 30.6 Å². The monoisotopic (exact) mass is 245 g/mol. The first kappa shape index (κ1) is 11.7. The fourth-order valence-corrected chi connectivity index (χ4v) is 3.09. The quantitative estimate of drug-likeness (QED) is 0.799. The first-order chi connectivity index (χ1) is 8.77. The number of fused-ring (bicyclic) bond motifs is 1. The highest BCUT2D eigenvalue weighted by molar-refractivity contribution is 5.82. The molecule has 3 nitrogen and oxygen atoms in total. The molecule has 18 heavy (non-hydrogen) atoms. The van der Waals surface area contributed by atoms with Gasteiger partial charge in [0, 0.05) is 13.2 Å². The van der Waals surface area contributed by atoms with E-state index in [2.05, 4.69) is 19.1 Å². The molecule has 2 fully saturated rings. The van der Waals surface area contributed by atoms with Crippen molar-refractivity contribution in [2.75, 3.05) is 19.8 Å². The lowest BCUT2D eigenvalue weighted by atomic mass is 9.92. The van der Waals surface area contributed by atoms with Crippen LogP contribution in [0.5, 0.6) is 0 Å². The third-order valence-electron chi connectivity index (χ3n) is 4.28. The highest BCUT2D eigenvalue weighted by Gasteiger charge is 2.43. The van der Waals surface area contributed by atoms with Crippen molar-refractivity contribution in [2.45, 2.75) is 19.4 Å². The summed E-state index contributed by atoms with van der Waals surface area (Å²) in [6.07, 6.45) is 1.02. The average Bonchev–Trinajstić information content (AvgIpc) is 2.77. The molecule has 3 atom stereocenters. The third kappa shape index (κ3) is 1.93. The Labute approximate surface area is 108 Å². The molecular weight excluding hydrogens is 226 g/mol. The Kier molecular flexibility index (Phi) is 3.08. The summed E-state index contributed by atoms with van der Waals surface area (Å²) >= 11 is 0. The number of hydrogen-bond donors (Lipinski definition) is 0. The van der Waals surface area contributed by atoms with Gasteiger partial charge in [0.1, 0.15) is 0 Å². The first-order valence-electron chi connectivity index (χ1n) is 6.70. The number of nitrogens with zero attached hydrogens (tertiary/aromatic N) is 1. The van der Waals surface area contributed by atoms with Gasteiger partial charge >= 0.3 is 0 Å². The van der Waals surface area contributed by atoms with Crippen LogP contribution < -0.4 is 0 Å². The highest BCUT2D eigenvalue weighted by atomic mass is 16.5. The number of ether oxygens (including phenoxy) is 1. The van der Waals surface area contributed by atoms with E-state index in [0.29, 0.717) is 12.5 Å². The van der Waals surface area contributed by atoms with Crippen LogP contribution in [-0.2, 0) is 9.53 Å². The van der Waals surface area contributed by atoms with Crippen LogP contribution in [0.2, 0.25) is 0 Å². The normalized spacial score (nSPS) is 29.2. The van der Waals surface area contributed by atoms with Gasteiger partial charge in [0.15, 0.2) is 0 Å². The van der Waals surface area contributed by atoms with Crippen LogP contribution in [0.15, 0.2) is 30.3 Å². The average molecular weight is 245 g/mol. The van der Waals surface area contributed by atoms with Gasteiger partial charge in [0.25, 0.3) is 0 Å². The highest BCUT2D eigenvalue weighted by Crippen LogP contribution is 2.35. The summed E-state index contributed by atoms with van der Waals surface area (Å²) in [4.78, 5) is 14.4. The van der Waals surface area contributed by atoms with E-state index in [-0.39, 0.29) is 17.9 Å². The lowest BCUT2D eigenvalue weighted by Gasteiger charge is -2.25. The molecule has 1 aromatic carbocycles. The summed E-state index contributed by atoms with van der Waals surface area (Å²) in [6, 6.07) is 10.4. The van der Waals surface area contributed by atoms with Gasteiger partial charge in [-0.2, -0.15) is 0 Å². The zero-order valence-electron chi connectivity index (χ0n) is 10.7. The molecule has 2 saturated heterocycles. The van der Waals surface area contributed by atoms with Crippen LogP contribution in [0.4, 0.5) is 0 Å². The molecule has 0 unspecified atom stereocenters. The molecule has 0 radical (unpaired) electrons. The smallest absolute Gasteiger partial charge is 0.228 e.